The Morgan fingerprint density at radius 2 is 1.69 bits per heavy atom. The number of aryl methyl sites for hydroxylation is 1. The van der Waals surface area contributed by atoms with Crippen LogP contribution in [0.25, 0.3) is 10.8 Å². The highest BCUT2D eigenvalue weighted by molar-refractivity contribution is 6.05. The highest BCUT2D eigenvalue weighted by Gasteiger charge is 2.33. The van der Waals surface area contributed by atoms with Crippen LogP contribution in [0.4, 0.5) is 0 Å². The van der Waals surface area contributed by atoms with Crippen LogP contribution in [0.2, 0.25) is 0 Å². The summed E-state index contributed by atoms with van der Waals surface area (Å²) in [5.74, 6) is -0.184. The largest absolute Gasteiger partial charge is 0.497 e. The number of ether oxygens (including phenoxy) is 2. The molecule has 1 aliphatic rings. The number of carbonyl (C=O) groups excluding carboxylic acids is 2. The number of rotatable bonds is 6. The van der Waals surface area contributed by atoms with Crippen LogP contribution >= 0.6 is 0 Å². The molecule has 1 unspecified atom stereocenters. The van der Waals surface area contributed by atoms with Gasteiger partial charge in [-0.2, -0.15) is 5.10 Å². The molecule has 4 aromatic carbocycles. The van der Waals surface area contributed by atoms with Crippen molar-refractivity contribution in [2.75, 3.05) is 13.7 Å². The Morgan fingerprint density at radius 3 is 2.44 bits per heavy atom. The minimum Gasteiger partial charge on any atom is -0.497 e. The summed E-state index contributed by atoms with van der Waals surface area (Å²) in [7, 11) is 1.62. The van der Waals surface area contributed by atoms with Gasteiger partial charge in [-0.15, -0.1) is 0 Å². The molecule has 1 heterocycles. The van der Waals surface area contributed by atoms with Gasteiger partial charge in [-0.05, 0) is 59.2 Å². The number of nitrogens with zero attached hydrogens (tertiary/aromatic N) is 2. The molecule has 4 aromatic rings. The molecule has 0 bridgehead atoms. The fourth-order valence-corrected chi connectivity index (χ4v) is 4.42. The molecule has 0 saturated heterocycles. The SMILES string of the molecule is COc1ccc(C2CC(c3ccc4ccccc4c3)=NN2C(=O)COC(=O)c2cccc(C)c2)cc1. The normalized spacial score (nSPS) is 15.0. The van der Waals surface area contributed by atoms with Crippen LogP contribution in [0, 0.1) is 6.92 Å². The van der Waals surface area contributed by atoms with Crippen LogP contribution < -0.4 is 4.74 Å². The van der Waals surface area contributed by atoms with Crippen LogP contribution in [0.15, 0.2) is 96.1 Å². The van der Waals surface area contributed by atoms with E-state index in [2.05, 4.69) is 24.3 Å². The number of benzene rings is 4. The lowest BCUT2D eigenvalue weighted by molar-refractivity contribution is -0.136. The van der Waals surface area contributed by atoms with E-state index in [9.17, 15) is 9.59 Å². The second kappa shape index (κ2) is 10.0. The van der Waals surface area contributed by atoms with Crippen LogP contribution in [0.3, 0.4) is 0 Å². The van der Waals surface area contributed by atoms with Crippen molar-refractivity contribution in [2.45, 2.75) is 19.4 Å². The second-order valence-electron chi connectivity index (χ2n) is 8.79. The molecule has 6 heteroatoms. The first-order valence-corrected chi connectivity index (χ1v) is 11.8. The Labute approximate surface area is 209 Å². The topological polar surface area (TPSA) is 68.2 Å². The van der Waals surface area contributed by atoms with Gasteiger partial charge < -0.3 is 9.47 Å². The highest BCUT2D eigenvalue weighted by atomic mass is 16.5. The number of esters is 1. The van der Waals surface area contributed by atoms with Gasteiger partial charge in [0.05, 0.1) is 24.4 Å². The van der Waals surface area contributed by atoms with Crippen molar-refractivity contribution in [2.24, 2.45) is 5.10 Å². The number of carbonyl (C=O) groups is 2. The standard InChI is InChI=1S/C30H26N2O4/c1-20-6-5-9-25(16-20)30(34)36-19-29(33)32-28(22-12-14-26(35-2)15-13-22)18-27(31-32)24-11-10-21-7-3-4-8-23(21)17-24/h3-17,28H,18-19H2,1-2H3. The quantitative estimate of drug-likeness (QED) is 0.334. The van der Waals surface area contributed by atoms with E-state index >= 15 is 0 Å². The van der Waals surface area contributed by atoms with E-state index in [0.717, 1.165) is 38.9 Å². The maximum absolute atomic E-state index is 13.3. The number of hydrazone groups is 1. The molecule has 6 nitrogen and oxygen atoms in total. The molecule has 0 fully saturated rings. The molecule has 0 saturated carbocycles. The molecule has 1 amide bonds. The average molecular weight is 479 g/mol. The van der Waals surface area contributed by atoms with Crippen molar-refractivity contribution in [1.29, 1.82) is 0 Å². The summed E-state index contributed by atoms with van der Waals surface area (Å²) in [4.78, 5) is 25.8. The maximum atomic E-state index is 13.3. The van der Waals surface area contributed by atoms with Crippen molar-refractivity contribution in [3.8, 4) is 5.75 Å². The van der Waals surface area contributed by atoms with Gasteiger partial charge in [0.15, 0.2) is 6.61 Å². The lowest BCUT2D eigenvalue weighted by Crippen LogP contribution is -2.31. The van der Waals surface area contributed by atoms with Crippen molar-refractivity contribution in [3.05, 3.63) is 113 Å². The molecule has 0 spiro atoms. The van der Waals surface area contributed by atoms with Crippen molar-refractivity contribution in [3.63, 3.8) is 0 Å². The molecule has 180 valence electrons. The Hall–Kier alpha value is -4.45. The smallest absolute Gasteiger partial charge is 0.338 e. The van der Waals surface area contributed by atoms with Gasteiger partial charge in [-0.1, -0.05) is 66.2 Å². The monoisotopic (exact) mass is 478 g/mol. The molecule has 0 aromatic heterocycles. The van der Waals surface area contributed by atoms with Crippen LogP contribution in [-0.2, 0) is 9.53 Å². The zero-order valence-electron chi connectivity index (χ0n) is 20.2. The van der Waals surface area contributed by atoms with Crippen molar-refractivity contribution >= 4 is 28.4 Å². The molecule has 0 radical (unpaired) electrons. The maximum Gasteiger partial charge on any atom is 0.338 e. The van der Waals surface area contributed by atoms with Gasteiger partial charge in [0.25, 0.3) is 5.91 Å². The summed E-state index contributed by atoms with van der Waals surface area (Å²) in [6.45, 7) is 1.50. The Balaban J connectivity index is 1.41. The number of methoxy groups -OCH3 is 1. The van der Waals surface area contributed by atoms with E-state index in [1.54, 1.807) is 25.3 Å². The fraction of sp³-hybridized carbons (Fsp3) is 0.167. The molecule has 36 heavy (non-hydrogen) atoms. The van der Waals surface area contributed by atoms with Gasteiger partial charge >= 0.3 is 5.97 Å². The van der Waals surface area contributed by atoms with E-state index in [1.807, 2.05) is 55.5 Å². The number of hydrogen-bond acceptors (Lipinski definition) is 5. The minimum absolute atomic E-state index is 0.317. The molecule has 1 aliphatic heterocycles. The van der Waals surface area contributed by atoms with E-state index in [1.165, 1.54) is 5.01 Å². The summed E-state index contributed by atoms with van der Waals surface area (Å²) < 4.78 is 10.6. The van der Waals surface area contributed by atoms with E-state index in [-0.39, 0.29) is 11.9 Å². The summed E-state index contributed by atoms with van der Waals surface area (Å²) >= 11 is 0. The zero-order chi connectivity index (χ0) is 25.1. The lowest BCUT2D eigenvalue weighted by Gasteiger charge is -2.22. The van der Waals surface area contributed by atoms with Gasteiger partial charge in [-0.25, -0.2) is 9.80 Å². The summed E-state index contributed by atoms with van der Waals surface area (Å²) in [6.07, 6.45) is 0.544. The average Bonchev–Trinajstić information content (AvgIpc) is 3.37. The van der Waals surface area contributed by atoms with Gasteiger partial charge in [-0.3, -0.25) is 4.79 Å². The number of amides is 1. The van der Waals surface area contributed by atoms with E-state index in [4.69, 9.17) is 14.6 Å². The predicted molar refractivity (Wildman–Crippen MR) is 139 cm³/mol. The molecule has 1 atom stereocenters. The lowest BCUT2D eigenvalue weighted by atomic mass is 9.97. The van der Waals surface area contributed by atoms with Crippen molar-refractivity contribution < 1.29 is 19.1 Å². The summed E-state index contributed by atoms with van der Waals surface area (Å²) in [5.41, 5.74) is 4.05. The van der Waals surface area contributed by atoms with E-state index < -0.39 is 12.6 Å². The molecular formula is C30H26N2O4. The third kappa shape index (κ3) is 4.84. The van der Waals surface area contributed by atoms with Crippen LogP contribution in [-0.4, -0.2) is 36.3 Å². The van der Waals surface area contributed by atoms with Gasteiger partial charge in [0.2, 0.25) is 0 Å². The van der Waals surface area contributed by atoms with Crippen LogP contribution in [0.1, 0.15) is 39.5 Å². The highest BCUT2D eigenvalue weighted by Crippen LogP contribution is 2.34. The molecule has 0 N–H and O–H groups in total. The predicted octanol–water partition coefficient (Wildman–Crippen LogP) is 5.69. The second-order valence-corrected chi connectivity index (χ2v) is 8.79. The van der Waals surface area contributed by atoms with Gasteiger partial charge in [0, 0.05) is 6.42 Å². The van der Waals surface area contributed by atoms with Crippen LogP contribution in [0.5, 0.6) is 5.75 Å². The van der Waals surface area contributed by atoms with Crippen molar-refractivity contribution in [1.82, 2.24) is 5.01 Å². The minimum atomic E-state index is -0.536. The first-order chi connectivity index (χ1) is 17.5. The number of hydrogen-bond donors (Lipinski definition) is 0. The zero-order valence-corrected chi connectivity index (χ0v) is 20.2. The Bertz CT molecular complexity index is 1460. The first-order valence-electron chi connectivity index (χ1n) is 11.8. The fourth-order valence-electron chi connectivity index (χ4n) is 4.42. The van der Waals surface area contributed by atoms with E-state index in [0.29, 0.717) is 12.0 Å². The Morgan fingerprint density at radius 1 is 0.917 bits per heavy atom. The molecule has 0 aliphatic carbocycles. The third-order valence-electron chi connectivity index (χ3n) is 6.33. The summed E-state index contributed by atoms with van der Waals surface area (Å²) in [5, 5.41) is 8.40. The molecular weight excluding hydrogens is 452 g/mol. The molecule has 5 rings (SSSR count). The first kappa shape index (κ1) is 23.3. The van der Waals surface area contributed by atoms with Gasteiger partial charge in [0.1, 0.15) is 5.75 Å². The Kier molecular flexibility index (Phi) is 6.50. The number of fused-ring (bicyclic) bond motifs is 1. The third-order valence-corrected chi connectivity index (χ3v) is 6.33. The summed E-state index contributed by atoms with van der Waals surface area (Å²) in [6, 6.07) is 28.7.